The van der Waals surface area contributed by atoms with E-state index in [0.717, 1.165) is 5.56 Å². The second-order valence-electron chi connectivity index (χ2n) is 5.99. The molecule has 7 heteroatoms. The first-order chi connectivity index (χ1) is 13.0. The minimum atomic E-state index is -1.17. The van der Waals surface area contributed by atoms with Gasteiger partial charge in [0.05, 0.1) is 17.7 Å². The smallest absolute Gasteiger partial charge is 0.341 e. The predicted molar refractivity (Wildman–Crippen MR) is 95.3 cm³/mol. The molecule has 136 valence electrons. The number of aromatic nitrogens is 1. The second-order valence-corrected chi connectivity index (χ2v) is 5.99. The molecule has 0 unspecified atom stereocenters. The van der Waals surface area contributed by atoms with Gasteiger partial charge in [-0.15, -0.1) is 0 Å². The van der Waals surface area contributed by atoms with E-state index in [-0.39, 0.29) is 17.0 Å². The molecule has 3 aromatic rings. The van der Waals surface area contributed by atoms with Gasteiger partial charge < -0.3 is 14.9 Å². The fraction of sp³-hybridized carbons (Fsp3) is 0.150. The van der Waals surface area contributed by atoms with Crippen molar-refractivity contribution in [1.29, 1.82) is 5.26 Å². The van der Waals surface area contributed by atoms with E-state index < -0.39 is 17.8 Å². The molecule has 2 aromatic carbocycles. The Labute approximate surface area is 154 Å². The number of rotatable bonds is 6. The summed E-state index contributed by atoms with van der Waals surface area (Å²) in [4.78, 5) is 11.8. The van der Waals surface area contributed by atoms with Gasteiger partial charge in [-0.05, 0) is 48.9 Å². The average molecular weight is 365 g/mol. The number of nitrogens with zero attached hydrogens (tertiary/aromatic N) is 2. The van der Waals surface area contributed by atoms with Gasteiger partial charge in [0.2, 0.25) is 0 Å². The number of hydrogen-bond acceptors (Lipinski definition) is 5. The number of nitrogens with one attached hydrogen (secondary N) is 1. The fourth-order valence-electron chi connectivity index (χ4n) is 2.67. The van der Waals surface area contributed by atoms with Gasteiger partial charge in [-0.1, -0.05) is 17.3 Å². The van der Waals surface area contributed by atoms with Crippen LogP contribution < -0.4 is 5.32 Å². The van der Waals surface area contributed by atoms with Crippen LogP contribution >= 0.6 is 0 Å². The van der Waals surface area contributed by atoms with Crippen molar-refractivity contribution in [2.24, 2.45) is 0 Å². The Hall–Kier alpha value is -3.50. The van der Waals surface area contributed by atoms with Crippen LogP contribution in [-0.2, 0) is 6.54 Å². The third-order valence-electron chi connectivity index (χ3n) is 4.14. The van der Waals surface area contributed by atoms with E-state index in [1.165, 1.54) is 24.3 Å². The lowest BCUT2D eigenvalue weighted by atomic mass is 10.0. The molecular weight excluding hydrogens is 349 g/mol. The van der Waals surface area contributed by atoms with E-state index >= 15 is 0 Å². The van der Waals surface area contributed by atoms with Crippen molar-refractivity contribution in [1.82, 2.24) is 10.5 Å². The fourth-order valence-corrected chi connectivity index (χ4v) is 2.67. The lowest BCUT2D eigenvalue weighted by Crippen LogP contribution is -2.19. The van der Waals surface area contributed by atoms with Crippen molar-refractivity contribution in [2.45, 2.75) is 19.5 Å². The third kappa shape index (κ3) is 4.02. The molecule has 1 heterocycles. The highest BCUT2D eigenvalue weighted by Gasteiger charge is 2.27. The summed E-state index contributed by atoms with van der Waals surface area (Å²) in [5.74, 6) is -1.40. The summed E-state index contributed by atoms with van der Waals surface area (Å²) < 4.78 is 18.4. The summed E-state index contributed by atoms with van der Waals surface area (Å²) in [5, 5.41) is 25.5. The zero-order valence-corrected chi connectivity index (χ0v) is 14.4. The molecule has 0 saturated heterocycles. The maximum atomic E-state index is 13.1. The first-order valence-electron chi connectivity index (χ1n) is 8.21. The van der Waals surface area contributed by atoms with E-state index in [4.69, 9.17) is 9.78 Å². The highest BCUT2D eigenvalue weighted by molar-refractivity contribution is 5.95. The van der Waals surface area contributed by atoms with Gasteiger partial charge >= 0.3 is 5.97 Å². The van der Waals surface area contributed by atoms with E-state index in [1.54, 1.807) is 19.1 Å². The van der Waals surface area contributed by atoms with Crippen molar-refractivity contribution in [2.75, 3.05) is 0 Å². The largest absolute Gasteiger partial charge is 0.477 e. The van der Waals surface area contributed by atoms with Gasteiger partial charge in [0, 0.05) is 12.1 Å². The predicted octanol–water partition coefficient (Wildman–Crippen LogP) is 3.90. The Morgan fingerprint density at radius 2 is 1.93 bits per heavy atom. The van der Waals surface area contributed by atoms with E-state index in [9.17, 15) is 14.3 Å². The molecule has 0 spiro atoms. The normalized spacial score (nSPS) is 11.7. The standard InChI is InChI=1S/C20H16FN3O3/c1-12(23-11-14-4-2-13(10-22)3-5-14)19-17(20(25)26)18(24-27-19)15-6-8-16(21)9-7-15/h2-9,12,23H,11H2,1H3,(H,25,26)/t12-/m1/s1. The van der Waals surface area contributed by atoms with E-state index in [2.05, 4.69) is 16.5 Å². The molecule has 0 fully saturated rings. The first kappa shape index (κ1) is 18.3. The van der Waals surface area contributed by atoms with Gasteiger partial charge in [-0.25, -0.2) is 9.18 Å². The lowest BCUT2D eigenvalue weighted by Gasteiger charge is -2.12. The molecular formula is C20H16FN3O3. The molecule has 0 saturated carbocycles. The molecule has 1 aromatic heterocycles. The van der Waals surface area contributed by atoms with E-state index in [0.29, 0.717) is 17.7 Å². The molecule has 0 bridgehead atoms. The molecule has 0 amide bonds. The Kier molecular flexibility index (Phi) is 5.29. The van der Waals surface area contributed by atoms with Crippen LogP contribution in [0, 0.1) is 17.1 Å². The number of nitriles is 1. The zero-order valence-electron chi connectivity index (χ0n) is 14.4. The van der Waals surface area contributed by atoms with Gasteiger partial charge in [0.15, 0.2) is 5.76 Å². The number of carboxylic acids is 1. The number of hydrogen-bond donors (Lipinski definition) is 2. The summed E-state index contributed by atoms with van der Waals surface area (Å²) in [6.45, 7) is 2.23. The molecule has 6 nitrogen and oxygen atoms in total. The Bertz CT molecular complexity index is 989. The highest BCUT2D eigenvalue weighted by atomic mass is 19.1. The van der Waals surface area contributed by atoms with E-state index in [1.807, 2.05) is 12.1 Å². The summed E-state index contributed by atoms with van der Waals surface area (Å²) in [6, 6.07) is 14.1. The molecule has 0 aliphatic heterocycles. The van der Waals surface area contributed by atoms with Crippen LogP contribution in [0.3, 0.4) is 0 Å². The molecule has 0 radical (unpaired) electrons. The van der Waals surface area contributed by atoms with Crippen LogP contribution in [0.15, 0.2) is 53.1 Å². The van der Waals surface area contributed by atoms with Crippen LogP contribution in [-0.4, -0.2) is 16.2 Å². The number of carbonyl (C=O) groups is 1. The van der Waals surface area contributed by atoms with Crippen LogP contribution in [0.25, 0.3) is 11.3 Å². The summed E-state index contributed by atoms with van der Waals surface area (Å²) >= 11 is 0. The summed E-state index contributed by atoms with van der Waals surface area (Å²) in [7, 11) is 0. The van der Waals surface area contributed by atoms with Crippen molar-refractivity contribution >= 4 is 5.97 Å². The third-order valence-corrected chi connectivity index (χ3v) is 4.14. The van der Waals surface area contributed by atoms with Gasteiger partial charge in [-0.2, -0.15) is 5.26 Å². The average Bonchev–Trinajstić information content (AvgIpc) is 3.12. The zero-order chi connectivity index (χ0) is 19.4. The molecule has 2 N–H and O–H groups in total. The van der Waals surface area contributed by atoms with Gasteiger partial charge in [-0.3, -0.25) is 0 Å². The Balaban J connectivity index is 1.81. The number of benzene rings is 2. The second kappa shape index (κ2) is 7.81. The van der Waals surface area contributed by atoms with Crippen LogP contribution in [0.2, 0.25) is 0 Å². The SMILES string of the molecule is C[C@@H](NCc1ccc(C#N)cc1)c1onc(-c2ccc(F)cc2)c1C(=O)O. The number of halogens is 1. The molecule has 1 atom stereocenters. The summed E-state index contributed by atoms with van der Waals surface area (Å²) in [6.07, 6.45) is 0. The van der Waals surface area contributed by atoms with Crippen molar-refractivity contribution in [3.8, 4) is 17.3 Å². The van der Waals surface area contributed by atoms with Crippen LogP contribution in [0.5, 0.6) is 0 Å². The minimum absolute atomic E-state index is 0.0542. The van der Waals surface area contributed by atoms with Crippen LogP contribution in [0.1, 0.15) is 40.2 Å². The minimum Gasteiger partial charge on any atom is -0.477 e. The molecule has 27 heavy (non-hydrogen) atoms. The highest BCUT2D eigenvalue weighted by Crippen LogP contribution is 2.29. The summed E-state index contributed by atoms with van der Waals surface area (Å²) in [5.41, 5.74) is 2.07. The first-order valence-corrected chi connectivity index (χ1v) is 8.21. The number of aromatic carboxylic acids is 1. The maximum Gasteiger partial charge on any atom is 0.341 e. The van der Waals surface area contributed by atoms with Crippen LogP contribution in [0.4, 0.5) is 4.39 Å². The topological polar surface area (TPSA) is 99.2 Å². The Morgan fingerprint density at radius 3 is 2.52 bits per heavy atom. The number of carboxylic acid groups (broad SMARTS) is 1. The maximum absolute atomic E-state index is 13.1. The lowest BCUT2D eigenvalue weighted by molar-refractivity contribution is 0.0694. The molecule has 3 rings (SSSR count). The van der Waals surface area contributed by atoms with Crippen molar-refractivity contribution < 1.29 is 18.8 Å². The monoisotopic (exact) mass is 365 g/mol. The van der Waals surface area contributed by atoms with Crippen molar-refractivity contribution in [3.05, 3.63) is 76.8 Å². The Morgan fingerprint density at radius 1 is 1.26 bits per heavy atom. The van der Waals surface area contributed by atoms with Gasteiger partial charge in [0.1, 0.15) is 17.1 Å². The quantitative estimate of drug-likeness (QED) is 0.687. The molecule has 0 aliphatic carbocycles. The van der Waals surface area contributed by atoms with Gasteiger partial charge in [0.25, 0.3) is 0 Å². The van der Waals surface area contributed by atoms with Crippen molar-refractivity contribution in [3.63, 3.8) is 0 Å². The molecule has 0 aliphatic rings.